The fraction of sp³-hybridized carbons (Fsp3) is 0.568. The van der Waals surface area contributed by atoms with Crippen molar-refractivity contribution in [2.75, 3.05) is 39.3 Å². The third-order valence-electron chi connectivity index (χ3n) is 8.67. The minimum absolute atomic E-state index is 0.0360. The first-order valence-electron chi connectivity index (χ1n) is 17.0. The van der Waals surface area contributed by atoms with Gasteiger partial charge in [-0.1, -0.05) is 46.2 Å². The van der Waals surface area contributed by atoms with E-state index in [9.17, 15) is 14.4 Å². The summed E-state index contributed by atoms with van der Waals surface area (Å²) in [5.41, 5.74) is 4.11. The first-order chi connectivity index (χ1) is 21.7. The van der Waals surface area contributed by atoms with Gasteiger partial charge in [0.05, 0.1) is 17.7 Å². The smallest absolute Gasteiger partial charge is 0.338 e. The van der Waals surface area contributed by atoms with Gasteiger partial charge in [-0.15, -0.1) is 0 Å². The monoisotopic (exact) mass is 616 g/mol. The highest BCUT2D eigenvalue weighted by atomic mass is 16.5. The van der Waals surface area contributed by atoms with E-state index in [2.05, 4.69) is 32.6 Å². The first-order valence-corrected chi connectivity index (χ1v) is 17.0. The maximum absolute atomic E-state index is 13.8. The van der Waals surface area contributed by atoms with Gasteiger partial charge >= 0.3 is 5.97 Å². The molecule has 4 rings (SSSR count). The van der Waals surface area contributed by atoms with Crippen LogP contribution in [-0.2, 0) is 17.6 Å². The highest BCUT2D eigenvalue weighted by molar-refractivity contribution is 6.00. The van der Waals surface area contributed by atoms with Crippen molar-refractivity contribution >= 4 is 23.2 Å². The standard InChI is InChI=1S/C37H52N4O4/c1-6-45-37(44)30-14-12-29(13-15-30)25-34(42)35-32(11-10-21-39-19-8-7-9-20-39)33-26-31(18-24-41(33)38-35)36(43)40(22-16-27(2)3)23-17-28(4)5/h12-15,18,24,26-28H,6-11,16-17,19-23,25H2,1-5H3. The number of amides is 1. The molecule has 8 heteroatoms. The topological polar surface area (TPSA) is 84.2 Å². The molecule has 0 N–H and O–H groups in total. The second-order valence-electron chi connectivity index (χ2n) is 13.3. The lowest BCUT2D eigenvalue weighted by molar-refractivity contribution is 0.0526. The molecule has 0 radical (unpaired) electrons. The summed E-state index contributed by atoms with van der Waals surface area (Å²) in [5, 5.41) is 4.76. The van der Waals surface area contributed by atoms with Gasteiger partial charge in [-0.05, 0) is 107 Å². The Labute approximate surface area is 269 Å². The molecule has 1 amide bonds. The van der Waals surface area contributed by atoms with E-state index in [0.29, 0.717) is 41.7 Å². The van der Waals surface area contributed by atoms with E-state index in [1.807, 2.05) is 23.2 Å². The highest BCUT2D eigenvalue weighted by Gasteiger charge is 2.23. The molecule has 3 heterocycles. The summed E-state index contributed by atoms with van der Waals surface area (Å²) in [6.07, 6.45) is 9.33. The van der Waals surface area contributed by atoms with Crippen LogP contribution in [-0.4, -0.2) is 76.4 Å². The van der Waals surface area contributed by atoms with Crippen molar-refractivity contribution in [1.82, 2.24) is 19.4 Å². The molecule has 0 atom stereocenters. The zero-order valence-electron chi connectivity index (χ0n) is 28.0. The van der Waals surface area contributed by atoms with Gasteiger partial charge < -0.3 is 14.5 Å². The van der Waals surface area contributed by atoms with Crippen molar-refractivity contribution < 1.29 is 19.1 Å². The van der Waals surface area contributed by atoms with Gasteiger partial charge in [0.15, 0.2) is 5.78 Å². The van der Waals surface area contributed by atoms with Crippen molar-refractivity contribution in [3.05, 3.63) is 70.5 Å². The fourth-order valence-corrected chi connectivity index (χ4v) is 5.93. The number of aromatic nitrogens is 2. The molecule has 2 aromatic heterocycles. The number of nitrogens with zero attached hydrogens (tertiary/aromatic N) is 4. The Balaban J connectivity index is 1.61. The van der Waals surface area contributed by atoms with Crippen molar-refractivity contribution in [1.29, 1.82) is 0 Å². The number of pyridine rings is 1. The number of hydrogen-bond acceptors (Lipinski definition) is 6. The van der Waals surface area contributed by atoms with Crippen molar-refractivity contribution in [2.24, 2.45) is 11.8 Å². The van der Waals surface area contributed by atoms with Gasteiger partial charge in [0.2, 0.25) is 0 Å². The molecule has 8 nitrogen and oxygen atoms in total. The number of Topliss-reactive ketones (excluding diaryl/α,β-unsaturated/α-hetero) is 1. The molecule has 0 aliphatic carbocycles. The van der Waals surface area contributed by atoms with E-state index in [1.54, 1.807) is 35.7 Å². The lowest BCUT2D eigenvalue weighted by atomic mass is 9.99. The summed E-state index contributed by atoms with van der Waals surface area (Å²) >= 11 is 0. The molecule has 1 aromatic carbocycles. The Bertz CT molecular complexity index is 1410. The predicted octanol–water partition coefficient (Wildman–Crippen LogP) is 6.89. The number of likely N-dealkylation sites (tertiary alicyclic amines) is 1. The minimum Gasteiger partial charge on any atom is -0.462 e. The number of hydrogen-bond donors (Lipinski definition) is 0. The number of carbonyl (C=O) groups is 3. The van der Waals surface area contributed by atoms with E-state index in [1.165, 1.54) is 19.3 Å². The molecule has 3 aromatic rings. The lowest BCUT2D eigenvalue weighted by Crippen LogP contribution is -2.34. The molecule has 0 saturated carbocycles. The van der Waals surface area contributed by atoms with E-state index >= 15 is 0 Å². The number of rotatable bonds is 16. The predicted molar refractivity (Wildman–Crippen MR) is 179 cm³/mol. The van der Waals surface area contributed by atoms with Gasteiger partial charge in [0.25, 0.3) is 5.91 Å². The second-order valence-corrected chi connectivity index (χ2v) is 13.3. The molecule has 45 heavy (non-hydrogen) atoms. The third kappa shape index (κ3) is 9.73. The second kappa shape index (κ2) is 16.7. The molecular weight excluding hydrogens is 564 g/mol. The molecule has 1 saturated heterocycles. The lowest BCUT2D eigenvalue weighted by Gasteiger charge is -2.26. The van der Waals surface area contributed by atoms with Crippen molar-refractivity contribution in [3.63, 3.8) is 0 Å². The summed E-state index contributed by atoms with van der Waals surface area (Å²) in [7, 11) is 0. The largest absolute Gasteiger partial charge is 0.462 e. The number of carbonyl (C=O) groups excluding carboxylic acids is 3. The number of ether oxygens (including phenoxy) is 1. The molecule has 1 fully saturated rings. The SMILES string of the molecule is CCOC(=O)c1ccc(CC(=O)c2nn3ccc(C(=O)N(CCC(C)C)CCC(C)C)cc3c2CCCN2CCCCC2)cc1. The Morgan fingerprint density at radius 2 is 1.58 bits per heavy atom. The first kappa shape index (κ1) is 34.4. The van der Waals surface area contributed by atoms with Gasteiger partial charge in [0.1, 0.15) is 5.69 Å². The van der Waals surface area contributed by atoms with Crippen LogP contribution >= 0.6 is 0 Å². The van der Waals surface area contributed by atoms with Gasteiger partial charge in [-0.3, -0.25) is 9.59 Å². The quantitative estimate of drug-likeness (QED) is 0.129. The molecule has 0 unspecified atom stereocenters. The summed E-state index contributed by atoms with van der Waals surface area (Å²) in [6, 6.07) is 10.8. The molecule has 0 bridgehead atoms. The van der Waals surface area contributed by atoms with E-state index in [-0.39, 0.29) is 24.1 Å². The van der Waals surface area contributed by atoms with E-state index in [4.69, 9.17) is 9.84 Å². The minimum atomic E-state index is -0.371. The maximum Gasteiger partial charge on any atom is 0.338 e. The Morgan fingerprint density at radius 3 is 2.20 bits per heavy atom. The average Bonchev–Trinajstić information content (AvgIpc) is 3.39. The molecular formula is C37H52N4O4. The van der Waals surface area contributed by atoms with E-state index in [0.717, 1.165) is 68.6 Å². The Kier molecular flexibility index (Phi) is 12.7. The highest BCUT2D eigenvalue weighted by Crippen LogP contribution is 2.23. The van der Waals surface area contributed by atoms with Gasteiger partial charge in [-0.25, -0.2) is 9.31 Å². The average molecular weight is 617 g/mol. The van der Waals surface area contributed by atoms with Crippen molar-refractivity contribution in [3.8, 4) is 0 Å². The number of fused-ring (bicyclic) bond motifs is 1. The van der Waals surface area contributed by atoms with Crippen LogP contribution < -0.4 is 0 Å². The van der Waals surface area contributed by atoms with Gasteiger partial charge in [-0.2, -0.15) is 5.10 Å². The molecule has 244 valence electrons. The van der Waals surface area contributed by atoms with Crippen LogP contribution in [0.5, 0.6) is 0 Å². The van der Waals surface area contributed by atoms with Gasteiger partial charge in [0, 0.05) is 36.8 Å². The van der Waals surface area contributed by atoms with Crippen LogP contribution in [0.2, 0.25) is 0 Å². The number of benzene rings is 1. The number of ketones is 1. The van der Waals surface area contributed by atoms with Crippen molar-refractivity contribution in [2.45, 2.75) is 86.0 Å². The van der Waals surface area contributed by atoms with Crippen LogP contribution in [0.3, 0.4) is 0 Å². The summed E-state index contributed by atoms with van der Waals surface area (Å²) in [5.74, 6) is 0.619. The van der Waals surface area contributed by atoms with E-state index < -0.39 is 0 Å². The summed E-state index contributed by atoms with van der Waals surface area (Å²) in [6.45, 7) is 15.5. The Hall–Kier alpha value is -3.52. The van der Waals surface area contributed by atoms with Crippen LogP contribution in [0.4, 0.5) is 0 Å². The van der Waals surface area contributed by atoms with Crippen LogP contribution in [0, 0.1) is 11.8 Å². The third-order valence-corrected chi connectivity index (χ3v) is 8.67. The molecule has 1 aliphatic heterocycles. The Morgan fingerprint density at radius 1 is 0.911 bits per heavy atom. The summed E-state index contributed by atoms with van der Waals surface area (Å²) in [4.78, 5) is 44.2. The van der Waals surface area contributed by atoms with Crippen LogP contribution in [0.25, 0.3) is 5.52 Å². The zero-order valence-corrected chi connectivity index (χ0v) is 28.0. The zero-order chi connectivity index (χ0) is 32.3. The number of aryl methyl sites for hydroxylation is 1. The maximum atomic E-state index is 13.8. The normalized spacial score (nSPS) is 13.9. The molecule has 0 spiro atoms. The summed E-state index contributed by atoms with van der Waals surface area (Å²) < 4.78 is 6.85. The molecule has 1 aliphatic rings. The number of esters is 1. The van der Waals surface area contributed by atoms with Crippen LogP contribution in [0.15, 0.2) is 42.6 Å². The van der Waals surface area contributed by atoms with Crippen LogP contribution in [0.1, 0.15) is 115 Å². The fourth-order valence-electron chi connectivity index (χ4n) is 5.93. The number of piperidine rings is 1.